The predicted molar refractivity (Wildman–Crippen MR) is 69.3 cm³/mol. The summed E-state index contributed by atoms with van der Waals surface area (Å²) in [5, 5.41) is 6.16. The number of primary amides is 1. The Balaban J connectivity index is 2.26. The molecule has 1 heterocycles. The number of nitrogens with two attached hydrogens (primary N) is 1. The molecular formula is C11H19N5O2. The molecule has 7 heteroatoms. The van der Waals surface area contributed by atoms with Crippen molar-refractivity contribution in [2.24, 2.45) is 5.73 Å². The summed E-state index contributed by atoms with van der Waals surface area (Å²) in [5.41, 5.74) is 4.94. The zero-order chi connectivity index (χ0) is 13.2. The van der Waals surface area contributed by atoms with Gasteiger partial charge in [-0.1, -0.05) is 6.92 Å². The molecule has 1 amide bonds. The van der Waals surface area contributed by atoms with E-state index in [9.17, 15) is 4.79 Å². The molecule has 0 saturated heterocycles. The van der Waals surface area contributed by atoms with E-state index in [0.717, 1.165) is 13.0 Å². The second kappa shape index (κ2) is 8.24. The van der Waals surface area contributed by atoms with Crippen LogP contribution >= 0.6 is 0 Å². The van der Waals surface area contributed by atoms with Gasteiger partial charge in [-0.25, -0.2) is 4.98 Å². The highest BCUT2D eigenvalue weighted by Gasteiger charge is 1.98. The van der Waals surface area contributed by atoms with Gasteiger partial charge in [-0.2, -0.15) is 4.98 Å². The molecule has 100 valence electrons. The molecule has 4 N–H and O–H groups in total. The summed E-state index contributed by atoms with van der Waals surface area (Å²) in [6, 6.07) is 1.77. The van der Waals surface area contributed by atoms with Gasteiger partial charge in [0.25, 0.3) is 0 Å². The van der Waals surface area contributed by atoms with Crippen LogP contribution in [0.1, 0.15) is 13.3 Å². The van der Waals surface area contributed by atoms with Crippen molar-refractivity contribution < 1.29 is 9.53 Å². The fourth-order valence-electron chi connectivity index (χ4n) is 1.20. The predicted octanol–water partition coefficient (Wildman–Crippen LogP) is 0.212. The molecule has 0 aliphatic heterocycles. The molecule has 7 nitrogen and oxygen atoms in total. The van der Waals surface area contributed by atoms with Crippen LogP contribution in [0.15, 0.2) is 12.3 Å². The second-order valence-electron chi connectivity index (χ2n) is 3.64. The number of aromatic nitrogens is 2. The van der Waals surface area contributed by atoms with Crippen LogP contribution in [0.25, 0.3) is 0 Å². The van der Waals surface area contributed by atoms with Gasteiger partial charge in [0.1, 0.15) is 12.4 Å². The van der Waals surface area contributed by atoms with Gasteiger partial charge in [0, 0.05) is 19.3 Å². The van der Waals surface area contributed by atoms with Gasteiger partial charge >= 0.3 is 0 Å². The van der Waals surface area contributed by atoms with Crippen LogP contribution < -0.4 is 16.4 Å². The minimum atomic E-state index is -0.469. The van der Waals surface area contributed by atoms with Gasteiger partial charge in [0.15, 0.2) is 0 Å². The zero-order valence-corrected chi connectivity index (χ0v) is 10.5. The molecule has 0 aliphatic carbocycles. The first-order valence-electron chi connectivity index (χ1n) is 5.89. The maximum Gasteiger partial charge on any atom is 0.243 e. The monoisotopic (exact) mass is 253 g/mol. The van der Waals surface area contributed by atoms with Gasteiger partial charge in [-0.05, 0) is 12.5 Å². The minimum absolute atomic E-state index is 0.0608. The largest absolute Gasteiger partial charge is 0.370 e. The van der Waals surface area contributed by atoms with Gasteiger partial charge in [0.05, 0.1) is 6.61 Å². The van der Waals surface area contributed by atoms with Crippen molar-refractivity contribution in [2.75, 3.05) is 36.9 Å². The molecule has 0 atom stereocenters. The fraction of sp³-hybridized carbons (Fsp3) is 0.545. The summed E-state index contributed by atoms with van der Waals surface area (Å²) in [6.07, 6.45) is 2.69. The Labute approximate surface area is 106 Å². The Morgan fingerprint density at radius 2 is 2.28 bits per heavy atom. The van der Waals surface area contributed by atoms with Crippen LogP contribution in [0.5, 0.6) is 0 Å². The van der Waals surface area contributed by atoms with Crippen LogP contribution in [0.2, 0.25) is 0 Å². The number of amides is 1. The van der Waals surface area contributed by atoms with Crippen molar-refractivity contribution in [3.8, 4) is 0 Å². The van der Waals surface area contributed by atoms with Crippen molar-refractivity contribution in [1.29, 1.82) is 0 Å². The van der Waals surface area contributed by atoms with E-state index in [2.05, 4.69) is 27.5 Å². The van der Waals surface area contributed by atoms with Crippen molar-refractivity contribution in [3.05, 3.63) is 12.3 Å². The fourth-order valence-corrected chi connectivity index (χ4v) is 1.20. The van der Waals surface area contributed by atoms with Crippen LogP contribution in [0.3, 0.4) is 0 Å². The van der Waals surface area contributed by atoms with Crippen LogP contribution in [0.4, 0.5) is 11.8 Å². The van der Waals surface area contributed by atoms with Crippen LogP contribution in [-0.4, -0.2) is 42.2 Å². The minimum Gasteiger partial charge on any atom is -0.370 e. The van der Waals surface area contributed by atoms with Crippen molar-refractivity contribution in [2.45, 2.75) is 13.3 Å². The molecule has 1 aromatic rings. The summed E-state index contributed by atoms with van der Waals surface area (Å²) in [5.74, 6) is 0.842. The van der Waals surface area contributed by atoms with Crippen molar-refractivity contribution >= 4 is 17.7 Å². The normalized spacial score (nSPS) is 10.1. The first-order valence-corrected chi connectivity index (χ1v) is 5.89. The summed E-state index contributed by atoms with van der Waals surface area (Å²) >= 11 is 0. The number of anilines is 2. The lowest BCUT2D eigenvalue weighted by Gasteiger charge is -2.07. The van der Waals surface area contributed by atoms with E-state index < -0.39 is 5.91 Å². The molecular weight excluding hydrogens is 234 g/mol. The molecule has 1 rings (SSSR count). The number of ether oxygens (including phenoxy) is 1. The Kier molecular flexibility index (Phi) is 6.49. The number of carbonyl (C=O) groups excluding carboxylic acids is 1. The quantitative estimate of drug-likeness (QED) is 0.544. The SMILES string of the molecule is CCCNc1nccc(NCCOCC(N)=O)n1. The summed E-state index contributed by atoms with van der Waals surface area (Å²) in [6.45, 7) is 3.80. The topological polar surface area (TPSA) is 102 Å². The molecule has 0 aliphatic rings. The number of nitrogens with one attached hydrogen (secondary N) is 2. The summed E-state index contributed by atoms with van der Waals surface area (Å²) < 4.78 is 5.02. The van der Waals surface area contributed by atoms with Gasteiger partial charge < -0.3 is 21.1 Å². The number of hydrogen-bond donors (Lipinski definition) is 3. The van der Waals surface area contributed by atoms with Crippen LogP contribution in [-0.2, 0) is 9.53 Å². The molecule has 0 unspecified atom stereocenters. The zero-order valence-electron chi connectivity index (χ0n) is 10.5. The Morgan fingerprint density at radius 3 is 3.00 bits per heavy atom. The summed E-state index contributed by atoms with van der Waals surface area (Å²) in [4.78, 5) is 18.8. The molecule has 0 saturated carbocycles. The lowest BCUT2D eigenvalue weighted by molar-refractivity contribution is -0.122. The molecule has 1 aromatic heterocycles. The third-order valence-corrected chi connectivity index (χ3v) is 1.99. The average molecular weight is 253 g/mol. The van der Waals surface area contributed by atoms with E-state index >= 15 is 0 Å². The number of nitrogens with zero attached hydrogens (tertiary/aromatic N) is 2. The highest BCUT2D eigenvalue weighted by atomic mass is 16.5. The van der Waals surface area contributed by atoms with Crippen molar-refractivity contribution in [3.63, 3.8) is 0 Å². The van der Waals surface area contributed by atoms with E-state index in [-0.39, 0.29) is 6.61 Å². The van der Waals surface area contributed by atoms with Gasteiger partial charge in [-0.15, -0.1) is 0 Å². The molecule has 0 aromatic carbocycles. The van der Waals surface area contributed by atoms with Crippen molar-refractivity contribution in [1.82, 2.24) is 9.97 Å². The maximum absolute atomic E-state index is 10.4. The second-order valence-corrected chi connectivity index (χ2v) is 3.64. The Hall–Kier alpha value is -1.89. The molecule has 18 heavy (non-hydrogen) atoms. The first-order chi connectivity index (χ1) is 8.72. The van der Waals surface area contributed by atoms with E-state index in [4.69, 9.17) is 10.5 Å². The molecule has 0 fully saturated rings. The lowest BCUT2D eigenvalue weighted by Crippen LogP contribution is -2.20. The number of hydrogen-bond acceptors (Lipinski definition) is 6. The number of rotatable bonds is 9. The van der Waals surface area contributed by atoms with Crippen LogP contribution in [0, 0.1) is 0 Å². The van der Waals surface area contributed by atoms with Gasteiger partial charge in [-0.3, -0.25) is 4.79 Å². The first kappa shape index (κ1) is 14.2. The highest BCUT2D eigenvalue weighted by molar-refractivity contribution is 5.74. The average Bonchev–Trinajstić information content (AvgIpc) is 2.36. The lowest BCUT2D eigenvalue weighted by atomic mass is 10.5. The smallest absolute Gasteiger partial charge is 0.243 e. The standard InChI is InChI=1S/C11H19N5O2/c1-2-4-14-11-15-5-3-10(16-11)13-6-7-18-8-9(12)17/h3,5H,2,4,6-8H2,1H3,(H2,12,17)(H2,13,14,15,16). The molecule has 0 spiro atoms. The van der Waals surface area contributed by atoms with E-state index in [1.807, 2.05) is 0 Å². The highest BCUT2D eigenvalue weighted by Crippen LogP contribution is 2.04. The van der Waals surface area contributed by atoms with E-state index in [1.54, 1.807) is 12.3 Å². The summed E-state index contributed by atoms with van der Waals surface area (Å²) in [7, 11) is 0. The third kappa shape index (κ3) is 6.00. The Morgan fingerprint density at radius 1 is 1.44 bits per heavy atom. The Bertz CT molecular complexity index is 372. The molecule has 0 bridgehead atoms. The van der Waals surface area contributed by atoms with Gasteiger partial charge in [0.2, 0.25) is 11.9 Å². The van der Waals surface area contributed by atoms with E-state index in [1.165, 1.54) is 0 Å². The maximum atomic E-state index is 10.4. The third-order valence-electron chi connectivity index (χ3n) is 1.99. The molecule has 0 radical (unpaired) electrons. The number of carbonyl (C=O) groups is 1. The van der Waals surface area contributed by atoms with E-state index in [0.29, 0.717) is 24.9 Å².